The Bertz CT molecular complexity index is 243. The number of carbonyl (C=O) groups is 1. The second kappa shape index (κ2) is 5.13. The summed E-state index contributed by atoms with van der Waals surface area (Å²) >= 11 is 2.25. The maximum Gasteiger partial charge on any atom is 0.150 e. The highest BCUT2D eigenvalue weighted by molar-refractivity contribution is 14.1. The van der Waals surface area contributed by atoms with Crippen LogP contribution in [-0.2, 0) is 0 Å². The predicted octanol–water partition coefficient (Wildman–Crippen LogP) is 2.31. The van der Waals surface area contributed by atoms with Gasteiger partial charge < -0.3 is 4.74 Å². The Kier molecular flexibility index (Phi) is 4.07. The SMILES string of the molecule is O=Cc1ccc(OCCI)cc1. The summed E-state index contributed by atoms with van der Waals surface area (Å²) in [4.78, 5) is 10.3. The first kappa shape index (κ1) is 9.51. The monoisotopic (exact) mass is 276 g/mol. The van der Waals surface area contributed by atoms with E-state index in [4.69, 9.17) is 4.74 Å². The summed E-state index contributed by atoms with van der Waals surface area (Å²) in [6.45, 7) is 0.709. The summed E-state index contributed by atoms with van der Waals surface area (Å²) in [6, 6.07) is 7.09. The van der Waals surface area contributed by atoms with E-state index in [1.54, 1.807) is 24.3 Å². The van der Waals surface area contributed by atoms with Crippen molar-refractivity contribution in [1.29, 1.82) is 0 Å². The molecule has 0 saturated carbocycles. The van der Waals surface area contributed by atoms with E-state index in [1.807, 2.05) is 0 Å². The molecule has 0 N–H and O–H groups in total. The highest BCUT2D eigenvalue weighted by Gasteiger charge is 1.92. The Hall–Kier alpha value is -0.580. The van der Waals surface area contributed by atoms with E-state index in [9.17, 15) is 4.79 Å². The van der Waals surface area contributed by atoms with Crippen LogP contribution in [-0.4, -0.2) is 17.3 Å². The molecule has 0 aliphatic heterocycles. The van der Waals surface area contributed by atoms with Gasteiger partial charge in [0.25, 0.3) is 0 Å². The number of rotatable bonds is 4. The third kappa shape index (κ3) is 2.81. The molecule has 0 saturated heterocycles. The van der Waals surface area contributed by atoms with E-state index in [0.717, 1.165) is 16.5 Å². The highest BCUT2D eigenvalue weighted by atomic mass is 127. The molecular formula is C9H9IO2. The summed E-state index contributed by atoms with van der Waals surface area (Å²) in [5.41, 5.74) is 0.678. The molecule has 0 spiro atoms. The predicted molar refractivity (Wildman–Crippen MR) is 56.2 cm³/mol. The molecule has 3 heteroatoms. The molecule has 0 atom stereocenters. The molecule has 0 unspecified atom stereocenters. The van der Waals surface area contributed by atoms with E-state index in [-0.39, 0.29) is 0 Å². The first-order valence-electron chi connectivity index (χ1n) is 3.61. The first-order chi connectivity index (χ1) is 5.86. The van der Waals surface area contributed by atoms with Gasteiger partial charge >= 0.3 is 0 Å². The number of carbonyl (C=O) groups excluding carboxylic acids is 1. The lowest BCUT2D eigenvalue weighted by molar-refractivity contribution is 0.112. The van der Waals surface area contributed by atoms with Gasteiger partial charge in [-0.3, -0.25) is 4.79 Å². The molecule has 0 aromatic heterocycles. The smallest absolute Gasteiger partial charge is 0.150 e. The molecule has 2 nitrogen and oxygen atoms in total. The van der Waals surface area contributed by atoms with Crippen LogP contribution in [0, 0.1) is 0 Å². The molecule has 0 amide bonds. The zero-order valence-corrected chi connectivity index (χ0v) is 8.65. The van der Waals surface area contributed by atoms with Crippen molar-refractivity contribution >= 4 is 28.9 Å². The van der Waals surface area contributed by atoms with Gasteiger partial charge in [-0.2, -0.15) is 0 Å². The number of halogens is 1. The number of hydrogen-bond donors (Lipinski definition) is 0. The molecule has 1 aromatic carbocycles. The molecule has 0 fully saturated rings. The Morgan fingerprint density at radius 3 is 2.50 bits per heavy atom. The van der Waals surface area contributed by atoms with Gasteiger partial charge in [0.05, 0.1) is 6.61 Å². The summed E-state index contributed by atoms with van der Waals surface area (Å²) in [6.07, 6.45) is 0.822. The molecule has 0 radical (unpaired) electrons. The molecular weight excluding hydrogens is 267 g/mol. The van der Waals surface area contributed by atoms with Crippen molar-refractivity contribution in [3.05, 3.63) is 29.8 Å². The lowest BCUT2D eigenvalue weighted by atomic mass is 10.2. The topological polar surface area (TPSA) is 26.3 Å². The maximum atomic E-state index is 10.3. The van der Waals surface area contributed by atoms with Crippen LogP contribution < -0.4 is 4.74 Å². The third-order valence-electron chi connectivity index (χ3n) is 1.36. The molecule has 1 rings (SSSR count). The van der Waals surface area contributed by atoms with Crippen molar-refractivity contribution in [2.45, 2.75) is 0 Å². The van der Waals surface area contributed by atoms with Gasteiger partial charge in [0.15, 0.2) is 0 Å². The Morgan fingerprint density at radius 1 is 1.33 bits per heavy atom. The van der Waals surface area contributed by atoms with Gasteiger partial charge in [-0.1, -0.05) is 22.6 Å². The van der Waals surface area contributed by atoms with Crippen molar-refractivity contribution in [3.8, 4) is 5.75 Å². The number of benzene rings is 1. The quantitative estimate of drug-likeness (QED) is 0.479. The minimum absolute atomic E-state index is 0.678. The van der Waals surface area contributed by atoms with Gasteiger partial charge in [-0.05, 0) is 24.3 Å². The Labute approximate surface area is 85.1 Å². The molecule has 0 heterocycles. The van der Waals surface area contributed by atoms with Crippen LogP contribution in [0.2, 0.25) is 0 Å². The molecule has 1 aromatic rings. The second-order valence-electron chi connectivity index (χ2n) is 2.22. The fourth-order valence-electron chi connectivity index (χ4n) is 0.799. The second-order valence-corrected chi connectivity index (χ2v) is 3.30. The normalized spacial score (nSPS) is 9.42. The van der Waals surface area contributed by atoms with Gasteiger partial charge in [0, 0.05) is 9.99 Å². The average molecular weight is 276 g/mol. The maximum absolute atomic E-state index is 10.3. The van der Waals surface area contributed by atoms with Gasteiger partial charge in [-0.25, -0.2) is 0 Å². The first-order valence-corrected chi connectivity index (χ1v) is 5.13. The largest absolute Gasteiger partial charge is 0.493 e. The molecule has 64 valence electrons. The summed E-state index contributed by atoms with van der Waals surface area (Å²) < 4.78 is 6.30. The summed E-state index contributed by atoms with van der Waals surface area (Å²) in [5, 5.41) is 0. The van der Waals surface area contributed by atoms with E-state index in [0.29, 0.717) is 12.2 Å². The summed E-state index contributed by atoms with van der Waals surface area (Å²) in [7, 11) is 0. The molecule has 0 aliphatic carbocycles. The average Bonchev–Trinajstić information content (AvgIpc) is 2.15. The van der Waals surface area contributed by atoms with Crippen molar-refractivity contribution in [2.24, 2.45) is 0 Å². The molecule has 0 aliphatic rings. The lowest BCUT2D eigenvalue weighted by Gasteiger charge is -2.02. The van der Waals surface area contributed by atoms with E-state index < -0.39 is 0 Å². The van der Waals surface area contributed by atoms with Crippen LogP contribution in [0.4, 0.5) is 0 Å². The number of hydrogen-bond acceptors (Lipinski definition) is 2. The van der Waals surface area contributed by atoms with Crippen LogP contribution in [0.5, 0.6) is 5.75 Å². The van der Waals surface area contributed by atoms with E-state index in [1.165, 1.54) is 0 Å². The number of ether oxygens (including phenoxy) is 1. The third-order valence-corrected chi connectivity index (χ3v) is 1.80. The summed E-state index contributed by atoms with van der Waals surface area (Å²) in [5.74, 6) is 0.817. The van der Waals surface area contributed by atoms with Crippen molar-refractivity contribution in [3.63, 3.8) is 0 Å². The minimum Gasteiger partial charge on any atom is -0.493 e. The molecule has 12 heavy (non-hydrogen) atoms. The fraction of sp³-hybridized carbons (Fsp3) is 0.222. The van der Waals surface area contributed by atoms with E-state index in [2.05, 4.69) is 22.6 Å². The van der Waals surface area contributed by atoms with Crippen molar-refractivity contribution in [2.75, 3.05) is 11.0 Å². The standard InChI is InChI=1S/C9H9IO2/c10-5-6-12-9-3-1-8(7-11)2-4-9/h1-4,7H,5-6H2. The van der Waals surface area contributed by atoms with Gasteiger partial charge in [0.2, 0.25) is 0 Å². The van der Waals surface area contributed by atoms with Crippen molar-refractivity contribution < 1.29 is 9.53 Å². The molecule has 0 bridgehead atoms. The fourth-order valence-corrected chi connectivity index (χ4v) is 1.02. The van der Waals surface area contributed by atoms with Crippen molar-refractivity contribution in [1.82, 2.24) is 0 Å². The van der Waals surface area contributed by atoms with Gasteiger partial charge in [-0.15, -0.1) is 0 Å². The van der Waals surface area contributed by atoms with Crippen LogP contribution in [0.3, 0.4) is 0 Å². The Morgan fingerprint density at radius 2 is 2.00 bits per heavy atom. The van der Waals surface area contributed by atoms with Crippen LogP contribution in [0.15, 0.2) is 24.3 Å². The van der Waals surface area contributed by atoms with E-state index >= 15 is 0 Å². The number of alkyl halides is 1. The number of aldehydes is 1. The van der Waals surface area contributed by atoms with Gasteiger partial charge in [0.1, 0.15) is 12.0 Å². The van der Waals surface area contributed by atoms with Crippen LogP contribution >= 0.6 is 22.6 Å². The Balaban J connectivity index is 2.58. The minimum atomic E-state index is 0.678. The van der Waals surface area contributed by atoms with Crippen LogP contribution in [0.25, 0.3) is 0 Å². The highest BCUT2D eigenvalue weighted by Crippen LogP contribution is 2.10. The zero-order chi connectivity index (χ0) is 8.81. The van der Waals surface area contributed by atoms with Crippen LogP contribution in [0.1, 0.15) is 10.4 Å². The lowest BCUT2D eigenvalue weighted by Crippen LogP contribution is -1.97. The zero-order valence-electron chi connectivity index (χ0n) is 6.50.